The smallest absolute Gasteiger partial charge is 0.414 e. The van der Waals surface area contributed by atoms with Gasteiger partial charge in [0.15, 0.2) is 0 Å². The normalized spacial score (nSPS) is 15.1. The second-order valence-electron chi connectivity index (χ2n) is 8.73. The highest BCUT2D eigenvalue weighted by Crippen LogP contribution is 2.36. The van der Waals surface area contributed by atoms with E-state index < -0.39 is 0 Å². The number of carbonyl (C=O) groups is 2. The highest BCUT2D eigenvalue weighted by atomic mass is 16.5. The topological polar surface area (TPSA) is 120 Å². The van der Waals surface area contributed by atoms with Gasteiger partial charge in [-0.1, -0.05) is 0 Å². The van der Waals surface area contributed by atoms with Gasteiger partial charge in [0.05, 0.1) is 30.4 Å². The Kier molecular flexibility index (Phi) is 6.61. The minimum Gasteiger partial charge on any atom is -0.452 e. The maximum Gasteiger partial charge on any atom is 0.414 e. The van der Waals surface area contributed by atoms with Crippen LogP contribution in [0, 0.1) is 0 Å². The average Bonchev–Trinajstić information content (AvgIpc) is 3.54. The summed E-state index contributed by atoms with van der Waals surface area (Å²) in [4.78, 5) is 40.4. The molecule has 0 saturated carbocycles. The largest absolute Gasteiger partial charge is 0.452 e. The van der Waals surface area contributed by atoms with Gasteiger partial charge in [0.2, 0.25) is 5.91 Å². The third-order valence-electron chi connectivity index (χ3n) is 6.45. The van der Waals surface area contributed by atoms with E-state index in [2.05, 4.69) is 20.4 Å². The summed E-state index contributed by atoms with van der Waals surface area (Å²) in [5.74, 6) is 1.17. The third kappa shape index (κ3) is 4.64. The molecule has 4 heterocycles. The van der Waals surface area contributed by atoms with E-state index in [0.717, 1.165) is 41.0 Å². The maximum absolute atomic E-state index is 12.9. The summed E-state index contributed by atoms with van der Waals surface area (Å²) < 4.78 is 8.83. The molecule has 0 saturated heterocycles. The number of nitrogens with one attached hydrogen (secondary N) is 1. The SMILES string of the molecule is COC(=O)N1c2ccc3c(nc(CCn4cccn4)n3CC(=O)NCc3ncccn3)c2CC[C@@H]1C. The van der Waals surface area contributed by atoms with Crippen LogP contribution >= 0.6 is 0 Å². The fourth-order valence-electron chi connectivity index (χ4n) is 4.67. The predicted octanol–water partition coefficient (Wildman–Crippen LogP) is 2.49. The summed E-state index contributed by atoms with van der Waals surface area (Å²) in [5.41, 5.74) is 3.47. The predicted molar refractivity (Wildman–Crippen MR) is 132 cm³/mol. The number of benzene rings is 1. The number of rotatable bonds is 7. The zero-order chi connectivity index (χ0) is 25.1. The summed E-state index contributed by atoms with van der Waals surface area (Å²) >= 11 is 0. The van der Waals surface area contributed by atoms with Gasteiger partial charge in [0.25, 0.3) is 0 Å². The van der Waals surface area contributed by atoms with Crippen LogP contribution in [0.4, 0.5) is 10.5 Å². The standard InChI is InChI=1S/C25H28N8O3/c1-17-5-6-18-19(33(17)25(35)36-2)7-8-20-24(18)30-22(9-14-31-13-4-12-29-31)32(20)16-23(34)28-15-21-26-10-3-11-27-21/h3-4,7-8,10-13,17H,5-6,9,14-16H2,1-2H3,(H,28,34)/t17-/m0/s1. The van der Waals surface area contributed by atoms with Crippen molar-refractivity contribution in [3.63, 3.8) is 0 Å². The van der Waals surface area contributed by atoms with Crippen LogP contribution < -0.4 is 10.2 Å². The Morgan fingerprint density at radius 2 is 2.00 bits per heavy atom. The molecule has 0 unspecified atom stereocenters. The van der Waals surface area contributed by atoms with Gasteiger partial charge in [-0.05, 0) is 44.0 Å². The first-order valence-electron chi connectivity index (χ1n) is 11.9. The molecule has 3 aromatic heterocycles. The molecule has 5 rings (SSSR count). The summed E-state index contributed by atoms with van der Waals surface area (Å²) in [6.45, 7) is 2.99. The van der Waals surface area contributed by atoms with Crippen molar-refractivity contribution in [1.29, 1.82) is 0 Å². The Morgan fingerprint density at radius 1 is 1.17 bits per heavy atom. The second kappa shape index (κ2) is 10.1. The molecule has 0 bridgehead atoms. The lowest BCUT2D eigenvalue weighted by Gasteiger charge is -2.34. The molecular formula is C25H28N8O3. The van der Waals surface area contributed by atoms with E-state index in [4.69, 9.17) is 9.72 Å². The monoisotopic (exact) mass is 488 g/mol. The van der Waals surface area contributed by atoms with Gasteiger partial charge in [-0.25, -0.2) is 19.7 Å². The lowest BCUT2D eigenvalue weighted by atomic mass is 9.96. The molecule has 0 fully saturated rings. The minimum atomic E-state index is -0.386. The van der Waals surface area contributed by atoms with Crippen molar-refractivity contribution in [3.8, 4) is 0 Å². The number of fused-ring (bicyclic) bond motifs is 3. The minimum absolute atomic E-state index is 0.0229. The molecule has 0 radical (unpaired) electrons. The summed E-state index contributed by atoms with van der Waals surface area (Å²) in [6.07, 6.45) is 8.72. The van der Waals surface area contributed by atoms with Crippen LogP contribution in [0.2, 0.25) is 0 Å². The van der Waals surface area contributed by atoms with Gasteiger partial charge in [-0.15, -0.1) is 0 Å². The summed E-state index contributed by atoms with van der Waals surface area (Å²) in [6, 6.07) is 7.49. The molecule has 1 aliphatic rings. The number of aryl methyl sites for hydroxylation is 3. The lowest BCUT2D eigenvalue weighted by molar-refractivity contribution is -0.121. The average molecular weight is 489 g/mol. The number of methoxy groups -OCH3 is 1. The van der Waals surface area contributed by atoms with E-state index in [1.807, 2.05) is 40.6 Å². The van der Waals surface area contributed by atoms with Crippen molar-refractivity contribution < 1.29 is 14.3 Å². The molecule has 11 heteroatoms. The molecule has 186 valence electrons. The van der Waals surface area contributed by atoms with Gasteiger partial charge in [0.1, 0.15) is 18.2 Å². The van der Waals surface area contributed by atoms with Gasteiger partial charge < -0.3 is 14.6 Å². The van der Waals surface area contributed by atoms with Crippen molar-refractivity contribution in [3.05, 3.63) is 66.3 Å². The Morgan fingerprint density at radius 3 is 2.75 bits per heavy atom. The van der Waals surface area contributed by atoms with Gasteiger partial charge in [0, 0.05) is 49.4 Å². The molecule has 0 spiro atoms. The number of nitrogens with zero attached hydrogens (tertiary/aromatic N) is 7. The van der Waals surface area contributed by atoms with Crippen LogP contribution in [-0.2, 0) is 42.0 Å². The van der Waals surface area contributed by atoms with Crippen LogP contribution in [0.5, 0.6) is 0 Å². The van der Waals surface area contributed by atoms with Gasteiger partial charge >= 0.3 is 6.09 Å². The molecule has 36 heavy (non-hydrogen) atoms. The Bertz CT molecular complexity index is 1370. The molecule has 2 amide bonds. The molecule has 1 aromatic carbocycles. The Balaban J connectivity index is 1.48. The zero-order valence-electron chi connectivity index (χ0n) is 20.3. The number of anilines is 1. The van der Waals surface area contributed by atoms with Gasteiger partial charge in [-0.2, -0.15) is 5.10 Å². The van der Waals surface area contributed by atoms with Crippen LogP contribution in [0.3, 0.4) is 0 Å². The van der Waals surface area contributed by atoms with E-state index in [9.17, 15) is 9.59 Å². The fourth-order valence-corrected chi connectivity index (χ4v) is 4.67. The number of aromatic nitrogens is 6. The highest BCUT2D eigenvalue weighted by Gasteiger charge is 2.31. The maximum atomic E-state index is 12.9. The zero-order valence-corrected chi connectivity index (χ0v) is 20.3. The van der Waals surface area contributed by atoms with E-state index >= 15 is 0 Å². The summed E-state index contributed by atoms with van der Waals surface area (Å²) in [5, 5.41) is 7.18. The second-order valence-corrected chi connectivity index (χ2v) is 8.73. The van der Waals surface area contributed by atoms with Gasteiger partial charge in [-0.3, -0.25) is 14.4 Å². The molecular weight excluding hydrogens is 460 g/mol. The van der Waals surface area contributed by atoms with Crippen LogP contribution in [0.25, 0.3) is 11.0 Å². The molecule has 1 atom stereocenters. The highest BCUT2D eigenvalue weighted by molar-refractivity contribution is 5.95. The van der Waals surface area contributed by atoms with Crippen molar-refractivity contribution in [2.24, 2.45) is 0 Å². The van der Waals surface area contributed by atoms with E-state index in [1.165, 1.54) is 7.11 Å². The quantitative estimate of drug-likeness (QED) is 0.424. The van der Waals surface area contributed by atoms with Crippen molar-refractivity contribution in [2.75, 3.05) is 12.0 Å². The number of hydrogen-bond donors (Lipinski definition) is 1. The molecule has 1 aliphatic heterocycles. The summed E-state index contributed by atoms with van der Waals surface area (Å²) in [7, 11) is 1.39. The Labute approximate surface area is 208 Å². The first-order chi connectivity index (χ1) is 17.5. The number of hydrogen-bond acceptors (Lipinski definition) is 7. The van der Waals surface area contributed by atoms with Crippen LogP contribution in [-0.4, -0.2) is 54.5 Å². The third-order valence-corrected chi connectivity index (χ3v) is 6.45. The fraction of sp³-hybridized carbons (Fsp3) is 0.360. The van der Waals surface area contributed by atoms with Crippen molar-refractivity contribution in [2.45, 2.75) is 51.9 Å². The number of carbonyl (C=O) groups excluding carboxylic acids is 2. The molecule has 4 aromatic rings. The molecule has 1 N–H and O–H groups in total. The number of amides is 2. The van der Waals surface area contributed by atoms with E-state index in [0.29, 0.717) is 18.8 Å². The van der Waals surface area contributed by atoms with E-state index in [-0.39, 0.29) is 31.1 Å². The molecule has 11 nitrogen and oxygen atoms in total. The molecule has 0 aliphatic carbocycles. The van der Waals surface area contributed by atoms with Crippen LogP contribution in [0.15, 0.2) is 49.1 Å². The first-order valence-corrected chi connectivity index (χ1v) is 11.9. The number of ether oxygens (including phenoxy) is 1. The first kappa shape index (κ1) is 23.5. The van der Waals surface area contributed by atoms with Crippen molar-refractivity contribution >= 4 is 28.7 Å². The van der Waals surface area contributed by atoms with Crippen molar-refractivity contribution in [1.82, 2.24) is 34.6 Å². The van der Waals surface area contributed by atoms with Crippen LogP contribution in [0.1, 0.15) is 30.6 Å². The lowest BCUT2D eigenvalue weighted by Crippen LogP contribution is -2.42. The number of imidazole rings is 1. The Hall–Kier alpha value is -4.28. The van der Waals surface area contributed by atoms with E-state index in [1.54, 1.807) is 29.6 Å².